The Hall–Kier alpha value is -1.59. The van der Waals surface area contributed by atoms with Gasteiger partial charge in [-0.05, 0) is 17.5 Å². The molecule has 0 aliphatic rings. The summed E-state index contributed by atoms with van der Waals surface area (Å²) < 4.78 is 4.46. The maximum Gasteiger partial charge on any atom is 0.308 e. The van der Waals surface area contributed by atoms with Crippen molar-refractivity contribution in [3.05, 3.63) is 29.3 Å². The van der Waals surface area contributed by atoms with Crippen LogP contribution in [0.2, 0.25) is 0 Å². The van der Waals surface area contributed by atoms with Gasteiger partial charge in [-0.3, -0.25) is 4.79 Å². The van der Waals surface area contributed by atoms with Crippen molar-refractivity contribution < 1.29 is 19.7 Å². The van der Waals surface area contributed by atoms with E-state index in [1.54, 1.807) is 12.1 Å². The van der Waals surface area contributed by atoms with Crippen LogP contribution in [0.15, 0.2) is 18.2 Å². The summed E-state index contributed by atoms with van der Waals surface area (Å²) in [6, 6.07) is 5.33. The van der Waals surface area contributed by atoms with E-state index in [1.165, 1.54) is 7.11 Å². The van der Waals surface area contributed by atoms with Crippen LogP contribution in [-0.4, -0.2) is 29.4 Å². The summed E-state index contributed by atoms with van der Waals surface area (Å²) in [6.45, 7) is 4.04. The fourth-order valence-corrected chi connectivity index (χ4v) is 1.78. The standard InChI is InChI=1S/C14H21NO4/c1-8(2)9-4-5-11(15)10(6-9)14(18)12(16)7-13(17)19-3/h4-6,8,12,14,16,18H,7,15H2,1-3H3. The molecule has 19 heavy (non-hydrogen) atoms. The van der Waals surface area contributed by atoms with Crippen LogP contribution in [-0.2, 0) is 9.53 Å². The maximum atomic E-state index is 11.1. The number of carbonyl (C=O) groups is 1. The van der Waals surface area contributed by atoms with Crippen molar-refractivity contribution in [1.82, 2.24) is 0 Å². The first-order valence-corrected chi connectivity index (χ1v) is 6.19. The number of hydrogen-bond acceptors (Lipinski definition) is 5. The third kappa shape index (κ3) is 3.94. The maximum absolute atomic E-state index is 11.1. The van der Waals surface area contributed by atoms with Gasteiger partial charge in [-0.15, -0.1) is 0 Å². The first-order chi connectivity index (χ1) is 8.86. The average Bonchev–Trinajstić information content (AvgIpc) is 2.37. The van der Waals surface area contributed by atoms with E-state index in [-0.39, 0.29) is 12.3 Å². The Kier molecular flexibility index (Phi) is 5.32. The SMILES string of the molecule is COC(=O)CC(O)C(O)c1cc(C(C)C)ccc1N. The molecule has 5 nitrogen and oxygen atoms in total. The Morgan fingerprint density at radius 1 is 1.37 bits per heavy atom. The lowest BCUT2D eigenvalue weighted by Crippen LogP contribution is -2.23. The molecule has 2 atom stereocenters. The van der Waals surface area contributed by atoms with E-state index >= 15 is 0 Å². The van der Waals surface area contributed by atoms with Crippen molar-refractivity contribution in [2.75, 3.05) is 12.8 Å². The van der Waals surface area contributed by atoms with Gasteiger partial charge < -0.3 is 20.7 Å². The van der Waals surface area contributed by atoms with Gasteiger partial charge in [-0.25, -0.2) is 0 Å². The molecule has 0 spiro atoms. The Labute approximate surface area is 113 Å². The topological polar surface area (TPSA) is 92.8 Å². The number of hydrogen-bond donors (Lipinski definition) is 3. The molecule has 0 fully saturated rings. The number of rotatable bonds is 5. The zero-order valence-corrected chi connectivity index (χ0v) is 11.5. The highest BCUT2D eigenvalue weighted by Gasteiger charge is 2.24. The second-order valence-electron chi connectivity index (χ2n) is 4.84. The monoisotopic (exact) mass is 267 g/mol. The number of nitrogens with two attached hydrogens (primary N) is 1. The van der Waals surface area contributed by atoms with Crippen LogP contribution >= 0.6 is 0 Å². The van der Waals surface area contributed by atoms with Crippen LogP contribution in [0.25, 0.3) is 0 Å². The molecule has 1 aromatic rings. The van der Waals surface area contributed by atoms with Gasteiger partial charge in [0.1, 0.15) is 6.10 Å². The van der Waals surface area contributed by atoms with Crippen LogP contribution in [0.5, 0.6) is 0 Å². The van der Waals surface area contributed by atoms with Gasteiger partial charge in [0.05, 0.1) is 19.6 Å². The number of aliphatic hydroxyl groups is 2. The van der Waals surface area contributed by atoms with Gasteiger partial charge in [0.15, 0.2) is 0 Å². The third-order valence-corrected chi connectivity index (χ3v) is 3.06. The van der Waals surface area contributed by atoms with E-state index in [9.17, 15) is 15.0 Å². The lowest BCUT2D eigenvalue weighted by molar-refractivity contribution is -0.144. The number of anilines is 1. The van der Waals surface area contributed by atoms with E-state index in [0.717, 1.165) is 5.56 Å². The molecule has 0 bridgehead atoms. The summed E-state index contributed by atoms with van der Waals surface area (Å²) in [5, 5.41) is 19.9. The van der Waals surface area contributed by atoms with E-state index < -0.39 is 18.2 Å². The van der Waals surface area contributed by atoms with Crippen LogP contribution in [0.3, 0.4) is 0 Å². The van der Waals surface area contributed by atoms with Crippen molar-refractivity contribution in [2.45, 2.75) is 38.4 Å². The predicted octanol–water partition coefficient (Wildman–Crippen LogP) is 1.35. The Morgan fingerprint density at radius 2 is 2.00 bits per heavy atom. The lowest BCUT2D eigenvalue weighted by Gasteiger charge is -2.20. The lowest BCUT2D eigenvalue weighted by atomic mass is 9.94. The van der Waals surface area contributed by atoms with Crippen molar-refractivity contribution in [3.8, 4) is 0 Å². The van der Waals surface area contributed by atoms with Gasteiger partial charge in [0, 0.05) is 11.3 Å². The Morgan fingerprint density at radius 3 is 2.53 bits per heavy atom. The van der Waals surface area contributed by atoms with Crippen LogP contribution in [0.1, 0.15) is 43.4 Å². The zero-order valence-electron chi connectivity index (χ0n) is 11.5. The Bertz CT molecular complexity index is 445. The van der Waals surface area contributed by atoms with Crippen LogP contribution < -0.4 is 5.73 Å². The zero-order chi connectivity index (χ0) is 14.6. The smallest absolute Gasteiger partial charge is 0.308 e. The van der Waals surface area contributed by atoms with Crippen LogP contribution in [0.4, 0.5) is 5.69 Å². The molecule has 0 aliphatic carbocycles. The first-order valence-electron chi connectivity index (χ1n) is 6.19. The molecule has 106 valence electrons. The summed E-state index contributed by atoms with van der Waals surface area (Å²) >= 11 is 0. The number of aliphatic hydroxyl groups excluding tert-OH is 2. The third-order valence-electron chi connectivity index (χ3n) is 3.06. The predicted molar refractivity (Wildman–Crippen MR) is 72.5 cm³/mol. The van der Waals surface area contributed by atoms with E-state index in [1.807, 2.05) is 19.9 Å². The van der Waals surface area contributed by atoms with Gasteiger partial charge in [-0.2, -0.15) is 0 Å². The van der Waals surface area contributed by atoms with Crippen LogP contribution in [0, 0.1) is 0 Å². The van der Waals surface area contributed by atoms with Crippen molar-refractivity contribution in [2.24, 2.45) is 0 Å². The van der Waals surface area contributed by atoms with Gasteiger partial charge in [0.2, 0.25) is 0 Å². The molecule has 5 heteroatoms. The first kappa shape index (κ1) is 15.5. The molecule has 0 radical (unpaired) electrons. The summed E-state index contributed by atoms with van der Waals surface area (Å²) in [5.41, 5.74) is 7.63. The molecule has 0 aromatic heterocycles. The van der Waals surface area contributed by atoms with Gasteiger partial charge in [-0.1, -0.05) is 26.0 Å². The highest BCUT2D eigenvalue weighted by Crippen LogP contribution is 2.28. The van der Waals surface area contributed by atoms with Crippen molar-refractivity contribution >= 4 is 11.7 Å². The quantitative estimate of drug-likeness (QED) is 0.553. The number of ether oxygens (including phenoxy) is 1. The van der Waals surface area contributed by atoms with Crippen molar-refractivity contribution in [1.29, 1.82) is 0 Å². The minimum absolute atomic E-state index is 0.275. The van der Waals surface area contributed by atoms with E-state index in [2.05, 4.69) is 4.74 Å². The molecule has 4 N–H and O–H groups in total. The number of carbonyl (C=O) groups excluding carboxylic acids is 1. The normalized spacial score (nSPS) is 14.2. The molecule has 0 amide bonds. The largest absolute Gasteiger partial charge is 0.469 e. The summed E-state index contributed by atoms with van der Waals surface area (Å²) in [5.74, 6) is -0.297. The molecule has 1 rings (SSSR count). The fourth-order valence-electron chi connectivity index (χ4n) is 1.78. The molecule has 0 saturated heterocycles. The highest BCUT2D eigenvalue weighted by molar-refractivity contribution is 5.70. The number of benzene rings is 1. The average molecular weight is 267 g/mol. The molecular weight excluding hydrogens is 246 g/mol. The van der Waals surface area contributed by atoms with E-state index in [4.69, 9.17) is 5.73 Å². The second kappa shape index (κ2) is 6.54. The Balaban J connectivity index is 2.94. The minimum Gasteiger partial charge on any atom is -0.469 e. The highest BCUT2D eigenvalue weighted by atomic mass is 16.5. The number of nitrogen functional groups attached to an aromatic ring is 1. The van der Waals surface area contributed by atoms with Crippen molar-refractivity contribution in [3.63, 3.8) is 0 Å². The van der Waals surface area contributed by atoms with Gasteiger partial charge in [0.25, 0.3) is 0 Å². The minimum atomic E-state index is -1.24. The second-order valence-corrected chi connectivity index (χ2v) is 4.84. The molecule has 1 aromatic carbocycles. The van der Waals surface area contributed by atoms with E-state index in [0.29, 0.717) is 11.3 Å². The molecule has 2 unspecified atom stereocenters. The molecule has 0 aliphatic heterocycles. The fraction of sp³-hybridized carbons (Fsp3) is 0.500. The molecule has 0 heterocycles. The number of esters is 1. The molecular formula is C14H21NO4. The summed E-state index contributed by atoms with van der Waals surface area (Å²) in [4.78, 5) is 11.1. The van der Waals surface area contributed by atoms with Gasteiger partial charge >= 0.3 is 5.97 Å². The number of methoxy groups -OCH3 is 1. The molecule has 0 saturated carbocycles. The summed E-state index contributed by atoms with van der Waals surface area (Å²) in [6.07, 6.45) is -2.72. The summed E-state index contributed by atoms with van der Waals surface area (Å²) in [7, 11) is 1.23.